The zero-order chi connectivity index (χ0) is 24.1. The predicted octanol–water partition coefficient (Wildman–Crippen LogP) is 5.50. The molecule has 1 aliphatic heterocycles. The highest BCUT2D eigenvalue weighted by Crippen LogP contribution is 2.30. The number of benzene rings is 3. The summed E-state index contributed by atoms with van der Waals surface area (Å²) in [6.07, 6.45) is 1.77. The first kappa shape index (κ1) is 24.3. The minimum Gasteiger partial charge on any atom is -0.456 e. The molecule has 7 nitrogen and oxygen atoms in total. The van der Waals surface area contributed by atoms with E-state index in [9.17, 15) is 13.2 Å². The fourth-order valence-electron chi connectivity index (χ4n) is 3.45. The van der Waals surface area contributed by atoms with Crippen molar-refractivity contribution >= 4 is 44.8 Å². The summed E-state index contributed by atoms with van der Waals surface area (Å²) in [5.74, 6) is 0.435. The Morgan fingerprint density at radius 1 is 1.06 bits per heavy atom. The van der Waals surface area contributed by atoms with E-state index in [0.29, 0.717) is 34.7 Å². The number of amides is 1. The molecule has 0 bridgehead atoms. The van der Waals surface area contributed by atoms with Gasteiger partial charge in [-0.15, -0.1) is 0 Å². The lowest BCUT2D eigenvalue weighted by Gasteiger charge is -2.15. The molecular weight excluding hydrogens is 499 g/mol. The summed E-state index contributed by atoms with van der Waals surface area (Å²) in [6, 6.07) is 17.2. The molecule has 1 amide bonds. The topological polar surface area (TPSA) is 93.7 Å². The number of hydrogen-bond acceptors (Lipinski definition) is 5. The number of hydrogen-bond donors (Lipinski definition) is 2. The Morgan fingerprint density at radius 2 is 1.82 bits per heavy atom. The molecule has 0 saturated carbocycles. The molecule has 178 valence electrons. The standard InChI is InChI=1S/C24H22Cl2N2O5S/c25-16-7-12-22(20(14-16)24(29)27-15-18-4-3-13-32-18)28-34(30,31)19-10-8-17(9-11-19)33-23-6-2-1-5-21(23)26/h1-2,5-12,14,18,28H,3-4,13,15H2,(H,27,29)/t18-/m1/s1. The second-order valence-corrected chi connectivity index (χ2v) is 10.2. The van der Waals surface area contributed by atoms with Crippen LogP contribution in [0.25, 0.3) is 0 Å². The molecule has 0 aliphatic carbocycles. The molecule has 1 aliphatic rings. The normalized spacial score (nSPS) is 15.6. The van der Waals surface area contributed by atoms with E-state index in [1.54, 1.807) is 24.3 Å². The average molecular weight is 521 g/mol. The number of para-hydroxylation sites is 1. The van der Waals surface area contributed by atoms with Gasteiger partial charge in [0.15, 0.2) is 0 Å². The number of anilines is 1. The van der Waals surface area contributed by atoms with Crippen LogP contribution in [0.3, 0.4) is 0 Å². The lowest BCUT2D eigenvalue weighted by Crippen LogP contribution is -2.32. The molecule has 2 N–H and O–H groups in total. The Balaban J connectivity index is 1.49. The highest BCUT2D eigenvalue weighted by Gasteiger charge is 2.21. The first-order valence-corrected chi connectivity index (χ1v) is 12.8. The van der Waals surface area contributed by atoms with E-state index in [0.717, 1.165) is 12.8 Å². The second kappa shape index (κ2) is 10.7. The zero-order valence-corrected chi connectivity index (χ0v) is 20.3. The molecule has 34 heavy (non-hydrogen) atoms. The molecular formula is C24H22Cl2N2O5S. The van der Waals surface area contributed by atoms with Crippen LogP contribution in [0.2, 0.25) is 10.0 Å². The Kier molecular flexibility index (Phi) is 7.63. The third kappa shape index (κ3) is 6.01. The smallest absolute Gasteiger partial charge is 0.261 e. The fourth-order valence-corrected chi connectivity index (χ4v) is 4.87. The Hall–Kier alpha value is -2.78. The van der Waals surface area contributed by atoms with E-state index in [-0.39, 0.29) is 22.3 Å². The monoisotopic (exact) mass is 520 g/mol. The second-order valence-electron chi connectivity index (χ2n) is 7.64. The summed E-state index contributed by atoms with van der Waals surface area (Å²) < 4.78 is 39.7. The van der Waals surface area contributed by atoms with Gasteiger partial charge in [-0.3, -0.25) is 9.52 Å². The van der Waals surface area contributed by atoms with Crippen LogP contribution < -0.4 is 14.8 Å². The SMILES string of the molecule is O=C(NC[C@H]1CCCO1)c1cc(Cl)ccc1NS(=O)(=O)c1ccc(Oc2ccccc2Cl)cc1. The maximum Gasteiger partial charge on any atom is 0.261 e. The summed E-state index contributed by atoms with van der Waals surface area (Å²) in [7, 11) is -3.99. The molecule has 1 saturated heterocycles. The molecule has 1 fully saturated rings. The van der Waals surface area contributed by atoms with Crippen LogP contribution in [0.1, 0.15) is 23.2 Å². The first-order valence-electron chi connectivity index (χ1n) is 10.6. The third-order valence-electron chi connectivity index (χ3n) is 5.18. The van der Waals surface area contributed by atoms with Crippen molar-refractivity contribution in [1.82, 2.24) is 5.32 Å². The van der Waals surface area contributed by atoms with E-state index >= 15 is 0 Å². The van der Waals surface area contributed by atoms with Gasteiger partial charge in [0.05, 0.1) is 27.3 Å². The van der Waals surface area contributed by atoms with Gasteiger partial charge in [-0.05, 0) is 67.4 Å². The first-order chi connectivity index (χ1) is 16.3. The van der Waals surface area contributed by atoms with Crippen LogP contribution >= 0.6 is 23.2 Å². The minimum absolute atomic E-state index is 0.000303. The zero-order valence-electron chi connectivity index (χ0n) is 18.0. The van der Waals surface area contributed by atoms with Crippen molar-refractivity contribution in [3.63, 3.8) is 0 Å². The van der Waals surface area contributed by atoms with Gasteiger partial charge in [0, 0.05) is 18.2 Å². The lowest BCUT2D eigenvalue weighted by atomic mass is 10.1. The Morgan fingerprint density at radius 3 is 2.53 bits per heavy atom. The number of carbonyl (C=O) groups is 1. The molecule has 0 spiro atoms. The quantitative estimate of drug-likeness (QED) is 0.409. The van der Waals surface area contributed by atoms with Gasteiger partial charge in [0.25, 0.3) is 15.9 Å². The van der Waals surface area contributed by atoms with E-state index in [4.69, 9.17) is 32.7 Å². The van der Waals surface area contributed by atoms with Crippen LogP contribution in [0.15, 0.2) is 71.6 Å². The van der Waals surface area contributed by atoms with Crippen molar-refractivity contribution in [3.8, 4) is 11.5 Å². The number of nitrogens with one attached hydrogen (secondary N) is 2. The van der Waals surface area contributed by atoms with E-state index in [2.05, 4.69) is 10.0 Å². The number of halogens is 2. The van der Waals surface area contributed by atoms with Crippen molar-refractivity contribution < 1.29 is 22.7 Å². The van der Waals surface area contributed by atoms with E-state index < -0.39 is 15.9 Å². The molecule has 0 unspecified atom stereocenters. The third-order valence-corrected chi connectivity index (χ3v) is 7.11. The highest BCUT2D eigenvalue weighted by atomic mass is 35.5. The number of sulfonamides is 1. The van der Waals surface area contributed by atoms with Gasteiger partial charge in [0.1, 0.15) is 11.5 Å². The molecule has 4 rings (SSSR count). The molecule has 3 aromatic rings. The van der Waals surface area contributed by atoms with Crippen LogP contribution in [0, 0.1) is 0 Å². The summed E-state index contributed by atoms with van der Waals surface area (Å²) >= 11 is 12.2. The maximum atomic E-state index is 13.0. The minimum atomic E-state index is -3.99. The largest absolute Gasteiger partial charge is 0.456 e. The van der Waals surface area contributed by atoms with Gasteiger partial charge in [-0.25, -0.2) is 8.42 Å². The van der Waals surface area contributed by atoms with Crippen LogP contribution in [0.4, 0.5) is 5.69 Å². The van der Waals surface area contributed by atoms with Gasteiger partial charge >= 0.3 is 0 Å². The van der Waals surface area contributed by atoms with Crippen LogP contribution in [0.5, 0.6) is 11.5 Å². The van der Waals surface area contributed by atoms with Crippen molar-refractivity contribution in [1.29, 1.82) is 0 Å². The van der Waals surface area contributed by atoms with Gasteiger partial charge < -0.3 is 14.8 Å². The lowest BCUT2D eigenvalue weighted by molar-refractivity contribution is 0.0858. The van der Waals surface area contributed by atoms with E-state index in [1.165, 1.54) is 42.5 Å². The summed E-state index contributed by atoms with van der Waals surface area (Å²) in [5.41, 5.74) is 0.235. The predicted molar refractivity (Wildman–Crippen MR) is 132 cm³/mol. The molecule has 10 heteroatoms. The van der Waals surface area contributed by atoms with Crippen molar-refractivity contribution in [3.05, 3.63) is 82.3 Å². The Labute approximate surface area is 208 Å². The summed E-state index contributed by atoms with van der Waals surface area (Å²) in [5, 5.41) is 3.53. The molecule has 3 aromatic carbocycles. The number of rotatable bonds is 8. The number of carbonyl (C=O) groups excluding carboxylic acids is 1. The van der Waals surface area contributed by atoms with Crippen molar-refractivity contribution in [2.45, 2.75) is 23.8 Å². The van der Waals surface area contributed by atoms with Crippen LogP contribution in [-0.2, 0) is 14.8 Å². The summed E-state index contributed by atoms with van der Waals surface area (Å²) in [4.78, 5) is 12.8. The number of ether oxygens (including phenoxy) is 2. The fraction of sp³-hybridized carbons (Fsp3) is 0.208. The molecule has 0 radical (unpaired) electrons. The molecule has 1 heterocycles. The van der Waals surface area contributed by atoms with Crippen LogP contribution in [-0.4, -0.2) is 33.6 Å². The maximum absolute atomic E-state index is 13.0. The average Bonchev–Trinajstić information content (AvgIpc) is 3.34. The van der Waals surface area contributed by atoms with E-state index in [1.807, 2.05) is 0 Å². The van der Waals surface area contributed by atoms with Crippen molar-refractivity contribution in [2.24, 2.45) is 0 Å². The highest BCUT2D eigenvalue weighted by molar-refractivity contribution is 7.92. The molecule has 1 atom stereocenters. The van der Waals surface area contributed by atoms with Gasteiger partial charge in [-0.1, -0.05) is 35.3 Å². The molecule has 0 aromatic heterocycles. The van der Waals surface area contributed by atoms with Gasteiger partial charge in [0.2, 0.25) is 0 Å². The van der Waals surface area contributed by atoms with Crippen molar-refractivity contribution in [2.75, 3.05) is 17.9 Å². The Bertz CT molecular complexity index is 1280. The summed E-state index contributed by atoms with van der Waals surface area (Å²) in [6.45, 7) is 1.01. The van der Waals surface area contributed by atoms with Gasteiger partial charge in [-0.2, -0.15) is 0 Å².